The Labute approximate surface area is 166 Å². The summed E-state index contributed by atoms with van der Waals surface area (Å²) in [6.45, 7) is 1.83. The van der Waals surface area contributed by atoms with Crippen molar-refractivity contribution < 1.29 is 17.2 Å². The highest BCUT2D eigenvalue weighted by molar-refractivity contribution is 7.89. The molecule has 0 atom stereocenters. The third-order valence-electron chi connectivity index (χ3n) is 4.27. The SMILES string of the molecule is Cc1cc(-c2ccc(-c3cc(F)c(S(N)(=O)=O)c(F)c3)cc2S)ccc1C#N. The average Bonchev–Trinajstić information content (AvgIpc) is 2.59. The highest BCUT2D eigenvalue weighted by Crippen LogP contribution is 2.33. The van der Waals surface area contributed by atoms with Crippen LogP contribution in [-0.2, 0) is 10.0 Å². The number of nitrogens with two attached hydrogens (primary N) is 1. The molecular weight excluding hydrogens is 402 g/mol. The molecule has 4 nitrogen and oxygen atoms in total. The Balaban J connectivity index is 2.06. The van der Waals surface area contributed by atoms with E-state index in [1.807, 2.05) is 13.0 Å². The predicted molar refractivity (Wildman–Crippen MR) is 105 cm³/mol. The number of aryl methyl sites for hydroxylation is 1. The van der Waals surface area contributed by atoms with E-state index >= 15 is 0 Å². The Morgan fingerprint density at radius 2 is 1.57 bits per heavy atom. The first-order valence-electron chi connectivity index (χ1n) is 7.98. The molecule has 3 aromatic rings. The van der Waals surface area contributed by atoms with Crippen LogP contribution < -0.4 is 5.14 Å². The Morgan fingerprint density at radius 1 is 0.964 bits per heavy atom. The lowest BCUT2D eigenvalue weighted by Crippen LogP contribution is -2.16. The first-order valence-corrected chi connectivity index (χ1v) is 9.97. The Kier molecular flexibility index (Phi) is 5.26. The summed E-state index contributed by atoms with van der Waals surface area (Å²) >= 11 is 4.46. The summed E-state index contributed by atoms with van der Waals surface area (Å²) < 4.78 is 50.9. The van der Waals surface area contributed by atoms with Gasteiger partial charge < -0.3 is 0 Å². The van der Waals surface area contributed by atoms with Crippen LogP contribution >= 0.6 is 12.6 Å². The summed E-state index contributed by atoms with van der Waals surface area (Å²) in [7, 11) is -4.51. The number of sulfonamides is 1. The zero-order valence-electron chi connectivity index (χ0n) is 14.6. The second kappa shape index (κ2) is 7.36. The molecule has 0 aliphatic carbocycles. The minimum Gasteiger partial charge on any atom is -0.224 e. The Bertz CT molecular complexity index is 1230. The number of thiol groups is 1. The second-order valence-electron chi connectivity index (χ2n) is 6.19. The minimum atomic E-state index is -4.51. The molecule has 28 heavy (non-hydrogen) atoms. The first-order chi connectivity index (χ1) is 13.1. The van der Waals surface area contributed by atoms with Gasteiger partial charge in [-0.15, -0.1) is 12.6 Å². The van der Waals surface area contributed by atoms with Gasteiger partial charge in [0.05, 0.1) is 11.6 Å². The van der Waals surface area contributed by atoms with Gasteiger partial charge in [-0.1, -0.05) is 24.3 Å². The van der Waals surface area contributed by atoms with Crippen molar-refractivity contribution in [1.29, 1.82) is 5.26 Å². The van der Waals surface area contributed by atoms with Crippen molar-refractivity contribution in [2.45, 2.75) is 16.7 Å². The van der Waals surface area contributed by atoms with Crippen LogP contribution in [-0.4, -0.2) is 8.42 Å². The first kappa shape index (κ1) is 20.0. The van der Waals surface area contributed by atoms with Crippen molar-refractivity contribution in [1.82, 2.24) is 0 Å². The lowest BCUT2D eigenvalue weighted by molar-refractivity contribution is 0.520. The van der Waals surface area contributed by atoms with Crippen LogP contribution in [0.1, 0.15) is 11.1 Å². The number of benzene rings is 3. The summed E-state index contributed by atoms with van der Waals surface area (Å²) in [5.41, 5.74) is 3.62. The smallest absolute Gasteiger partial charge is 0.224 e. The fourth-order valence-electron chi connectivity index (χ4n) is 2.91. The summed E-state index contributed by atoms with van der Waals surface area (Å²) in [4.78, 5) is -0.607. The van der Waals surface area contributed by atoms with Gasteiger partial charge in [0.1, 0.15) is 11.6 Å². The van der Waals surface area contributed by atoms with Crippen LogP contribution in [0, 0.1) is 29.9 Å². The van der Waals surface area contributed by atoms with Crippen LogP contribution in [0.25, 0.3) is 22.3 Å². The van der Waals surface area contributed by atoms with Crippen LogP contribution in [0.15, 0.2) is 58.3 Å². The van der Waals surface area contributed by atoms with Gasteiger partial charge in [0, 0.05) is 4.90 Å². The van der Waals surface area contributed by atoms with Crippen molar-refractivity contribution >= 4 is 22.7 Å². The van der Waals surface area contributed by atoms with Crippen molar-refractivity contribution in [3.05, 3.63) is 71.3 Å². The standard InChI is InChI=1S/C20H14F2N2O2S2/c1-11-6-13(2-3-14(11)10-23)16-5-4-12(9-19(16)27)15-7-17(21)20(18(22)8-15)28(24,25)26/h2-9,27H,1H3,(H2,24,25,26). The van der Waals surface area contributed by atoms with Gasteiger partial charge in [-0.05, 0) is 59.0 Å². The van der Waals surface area contributed by atoms with Gasteiger partial charge in [0.15, 0.2) is 4.90 Å². The number of hydrogen-bond donors (Lipinski definition) is 2. The van der Waals surface area contributed by atoms with E-state index in [1.54, 1.807) is 30.3 Å². The van der Waals surface area contributed by atoms with E-state index in [0.717, 1.165) is 28.8 Å². The van der Waals surface area contributed by atoms with E-state index in [9.17, 15) is 17.2 Å². The molecule has 0 aliphatic heterocycles. The van der Waals surface area contributed by atoms with Crippen LogP contribution in [0.5, 0.6) is 0 Å². The molecule has 3 rings (SSSR count). The van der Waals surface area contributed by atoms with Crippen molar-refractivity contribution in [3.63, 3.8) is 0 Å². The molecule has 2 N–H and O–H groups in total. The third-order valence-corrected chi connectivity index (χ3v) is 5.60. The molecule has 0 fully saturated rings. The van der Waals surface area contributed by atoms with E-state index in [2.05, 4.69) is 18.7 Å². The summed E-state index contributed by atoms with van der Waals surface area (Å²) in [5, 5.41) is 13.9. The Hall–Kier alpha value is -2.73. The average molecular weight is 416 g/mol. The van der Waals surface area contributed by atoms with Gasteiger partial charge in [0.25, 0.3) is 0 Å². The molecule has 0 aliphatic rings. The van der Waals surface area contributed by atoms with E-state index in [-0.39, 0.29) is 5.56 Å². The molecule has 0 spiro atoms. The van der Waals surface area contributed by atoms with Gasteiger partial charge >= 0.3 is 0 Å². The van der Waals surface area contributed by atoms with Crippen LogP contribution in [0.4, 0.5) is 8.78 Å². The molecular formula is C20H14F2N2O2S2. The lowest BCUT2D eigenvalue weighted by atomic mass is 9.97. The van der Waals surface area contributed by atoms with Gasteiger partial charge in [-0.25, -0.2) is 22.3 Å². The van der Waals surface area contributed by atoms with E-state index in [0.29, 0.717) is 16.0 Å². The molecule has 3 aromatic carbocycles. The normalized spacial score (nSPS) is 11.3. The third kappa shape index (κ3) is 3.78. The van der Waals surface area contributed by atoms with Gasteiger partial charge in [-0.2, -0.15) is 5.26 Å². The second-order valence-corrected chi connectivity index (χ2v) is 8.17. The minimum absolute atomic E-state index is 0.153. The molecule has 0 unspecified atom stereocenters. The summed E-state index contributed by atoms with van der Waals surface area (Å²) in [6.07, 6.45) is 0. The Morgan fingerprint density at radius 3 is 2.07 bits per heavy atom. The molecule has 0 bridgehead atoms. The molecule has 0 radical (unpaired) electrons. The van der Waals surface area contributed by atoms with E-state index < -0.39 is 26.6 Å². The molecule has 8 heteroatoms. The molecule has 0 heterocycles. The maximum absolute atomic E-state index is 14.1. The highest BCUT2D eigenvalue weighted by atomic mass is 32.2. The lowest BCUT2D eigenvalue weighted by Gasteiger charge is -2.11. The van der Waals surface area contributed by atoms with Crippen LogP contribution in [0.2, 0.25) is 0 Å². The predicted octanol–water partition coefficient (Wildman–Crippen LogP) is 4.42. The van der Waals surface area contributed by atoms with Gasteiger partial charge in [-0.3, -0.25) is 0 Å². The maximum Gasteiger partial charge on any atom is 0.243 e. The van der Waals surface area contributed by atoms with Crippen LogP contribution in [0.3, 0.4) is 0 Å². The van der Waals surface area contributed by atoms with E-state index in [1.165, 1.54) is 0 Å². The zero-order valence-corrected chi connectivity index (χ0v) is 16.3. The fraction of sp³-hybridized carbons (Fsp3) is 0.0500. The van der Waals surface area contributed by atoms with Gasteiger partial charge in [0.2, 0.25) is 10.0 Å². The highest BCUT2D eigenvalue weighted by Gasteiger charge is 2.21. The zero-order chi connectivity index (χ0) is 20.6. The largest absolute Gasteiger partial charge is 0.243 e. The van der Waals surface area contributed by atoms with Crippen molar-refractivity contribution in [3.8, 4) is 28.3 Å². The van der Waals surface area contributed by atoms with E-state index in [4.69, 9.17) is 10.4 Å². The topological polar surface area (TPSA) is 84.0 Å². The number of nitrogens with zero attached hydrogens (tertiary/aromatic N) is 1. The molecule has 0 saturated carbocycles. The maximum atomic E-state index is 14.1. The summed E-state index contributed by atoms with van der Waals surface area (Å²) in [5.74, 6) is -2.52. The molecule has 0 aromatic heterocycles. The number of hydrogen-bond acceptors (Lipinski definition) is 4. The number of rotatable bonds is 3. The molecule has 0 amide bonds. The molecule has 142 valence electrons. The quantitative estimate of drug-likeness (QED) is 0.620. The molecule has 0 saturated heterocycles. The number of primary sulfonamides is 1. The number of halogens is 2. The fourth-order valence-corrected chi connectivity index (χ4v) is 3.91. The van der Waals surface area contributed by atoms with Crippen molar-refractivity contribution in [2.24, 2.45) is 5.14 Å². The summed E-state index contributed by atoms with van der Waals surface area (Å²) in [6, 6.07) is 14.3. The number of nitriles is 1. The van der Waals surface area contributed by atoms with Crippen molar-refractivity contribution in [2.75, 3.05) is 0 Å². The monoisotopic (exact) mass is 416 g/mol.